The lowest BCUT2D eigenvalue weighted by Crippen LogP contribution is -2.65. The van der Waals surface area contributed by atoms with Crippen molar-refractivity contribution in [3.05, 3.63) is 29.1 Å². The molecule has 9 heteroatoms. The first-order valence-electron chi connectivity index (χ1n) is 9.38. The number of imide groups is 1. The number of hydrogen-bond acceptors (Lipinski definition) is 6. The highest BCUT2D eigenvalue weighted by Gasteiger charge is 2.42. The normalized spacial score (nSPS) is 25.5. The third-order valence-electron chi connectivity index (χ3n) is 6.07. The number of hydrogen-bond donors (Lipinski definition) is 1. The van der Waals surface area contributed by atoms with E-state index in [-0.39, 0.29) is 48.6 Å². The molecular weight excluding hydrogens is 367 g/mol. The van der Waals surface area contributed by atoms with Crippen molar-refractivity contribution in [3.8, 4) is 0 Å². The summed E-state index contributed by atoms with van der Waals surface area (Å²) in [5.74, 6) is -1.43. The van der Waals surface area contributed by atoms with Crippen LogP contribution in [0, 0.1) is 5.82 Å². The number of nitrogens with zero attached hydrogens (tertiary/aromatic N) is 3. The Morgan fingerprint density at radius 1 is 1.04 bits per heavy atom. The van der Waals surface area contributed by atoms with Crippen LogP contribution in [0.1, 0.15) is 28.8 Å². The molecule has 0 bridgehead atoms. The van der Waals surface area contributed by atoms with Crippen LogP contribution in [-0.4, -0.2) is 71.6 Å². The zero-order chi connectivity index (χ0) is 19.6. The smallest absolute Gasteiger partial charge is 0.255 e. The Bertz CT molecular complexity index is 919. The number of likely N-dealkylation sites (tertiary alicyclic amines) is 1. The number of Topliss-reactive ketones (excluding diaryl/α,β-unsaturated/α-hetero) is 1. The molecule has 146 valence electrons. The van der Waals surface area contributed by atoms with Gasteiger partial charge in [0.1, 0.15) is 11.9 Å². The summed E-state index contributed by atoms with van der Waals surface area (Å²) in [5.41, 5.74) is 1.41. The second-order valence-corrected chi connectivity index (χ2v) is 7.86. The minimum absolute atomic E-state index is 0.185. The fourth-order valence-corrected chi connectivity index (χ4v) is 4.37. The first-order chi connectivity index (χ1) is 13.4. The molecule has 4 aliphatic heterocycles. The Balaban J connectivity index is 1.32. The van der Waals surface area contributed by atoms with Gasteiger partial charge in [-0.1, -0.05) is 0 Å². The molecule has 4 aliphatic rings. The summed E-state index contributed by atoms with van der Waals surface area (Å²) in [7, 11) is 0. The van der Waals surface area contributed by atoms with Crippen LogP contribution in [0.25, 0.3) is 0 Å². The van der Waals surface area contributed by atoms with Gasteiger partial charge in [-0.15, -0.1) is 0 Å². The Morgan fingerprint density at radius 3 is 2.46 bits per heavy atom. The second kappa shape index (κ2) is 6.10. The topological polar surface area (TPSA) is 90.0 Å². The van der Waals surface area contributed by atoms with Crippen LogP contribution in [0.5, 0.6) is 0 Å². The number of piperidine rings is 1. The molecule has 1 atom stereocenters. The van der Waals surface area contributed by atoms with Crippen LogP contribution in [0.4, 0.5) is 10.1 Å². The molecule has 1 N–H and O–H groups in total. The minimum Gasteiger partial charge on any atom is -0.366 e. The van der Waals surface area contributed by atoms with Crippen molar-refractivity contribution in [2.24, 2.45) is 0 Å². The van der Waals surface area contributed by atoms with E-state index in [1.807, 2.05) is 4.90 Å². The van der Waals surface area contributed by atoms with E-state index in [0.717, 1.165) is 0 Å². The molecule has 0 saturated carbocycles. The van der Waals surface area contributed by atoms with Crippen LogP contribution >= 0.6 is 0 Å². The van der Waals surface area contributed by atoms with E-state index in [9.17, 15) is 23.6 Å². The fourth-order valence-electron chi connectivity index (χ4n) is 4.37. The Kier molecular flexibility index (Phi) is 3.77. The average Bonchev–Trinajstić information content (AvgIpc) is 2.88. The fraction of sp³-hybridized carbons (Fsp3) is 0.474. The van der Waals surface area contributed by atoms with Gasteiger partial charge in [-0.3, -0.25) is 29.4 Å². The average molecular weight is 386 g/mol. The van der Waals surface area contributed by atoms with E-state index >= 15 is 0 Å². The summed E-state index contributed by atoms with van der Waals surface area (Å²) >= 11 is 0. The second-order valence-electron chi connectivity index (χ2n) is 7.86. The molecule has 28 heavy (non-hydrogen) atoms. The highest BCUT2D eigenvalue weighted by atomic mass is 19.1. The monoisotopic (exact) mass is 386 g/mol. The minimum atomic E-state index is -0.707. The summed E-state index contributed by atoms with van der Waals surface area (Å²) in [4.78, 5) is 52.7. The predicted octanol–water partition coefficient (Wildman–Crippen LogP) is -0.340. The van der Waals surface area contributed by atoms with Gasteiger partial charge in [0.25, 0.3) is 5.91 Å². The van der Waals surface area contributed by atoms with Gasteiger partial charge in [0.15, 0.2) is 5.78 Å². The van der Waals surface area contributed by atoms with Gasteiger partial charge >= 0.3 is 0 Å². The number of halogens is 1. The van der Waals surface area contributed by atoms with Gasteiger partial charge < -0.3 is 9.80 Å². The summed E-state index contributed by atoms with van der Waals surface area (Å²) in [6.45, 7) is 2.47. The summed E-state index contributed by atoms with van der Waals surface area (Å²) in [5, 5.41) is 2.26. The Hall–Kier alpha value is -2.81. The van der Waals surface area contributed by atoms with Crippen molar-refractivity contribution in [2.75, 3.05) is 31.1 Å². The zero-order valence-electron chi connectivity index (χ0n) is 15.1. The van der Waals surface area contributed by atoms with Gasteiger partial charge in [0.2, 0.25) is 11.8 Å². The largest absolute Gasteiger partial charge is 0.366 e. The van der Waals surface area contributed by atoms with E-state index in [0.29, 0.717) is 37.4 Å². The highest BCUT2D eigenvalue weighted by molar-refractivity contribution is 6.05. The van der Waals surface area contributed by atoms with Crippen LogP contribution in [0.15, 0.2) is 12.1 Å². The highest BCUT2D eigenvalue weighted by Crippen LogP contribution is 2.35. The molecule has 4 heterocycles. The number of nitrogens with one attached hydrogen (secondary N) is 1. The molecule has 0 spiro atoms. The van der Waals surface area contributed by atoms with Crippen molar-refractivity contribution in [1.29, 1.82) is 0 Å². The summed E-state index contributed by atoms with van der Waals surface area (Å²) < 4.78 is 14.7. The molecule has 5 rings (SSSR count). The maximum Gasteiger partial charge on any atom is 0.255 e. The molecule has 0 radical (unpaired) electrons. The van der Waals surface area contributed by atoms with E-state index < -0.39 is 17.8 Å². The Morgan fingerprint density at radius 2 is 1.79 bits per heavy atom. The SMILES string of the molecule is O=C1CN(C2CN(c3cc4c(cc3F)C(=O)N(C3CCC(=O)NC3=O)C4)C2)C1. The number of amides is 3. The quantitative estimate of drug-likeness (QED) is 0.715. The number of rotatable bonds is 3. The Labute approximate surface area is 160 Å². The first-order valence-corrected chi connectivity index (χ1v) is 9.38. The van der Waals surface area contributed by atoms with Crippen LogP contribution in [0.2, 0.25) is 0 Å². The zero-order valence-corrected chi connectivity index (χ0v) is 15.1. The summed E-state index contributed by atoms with van der Waals surface area (Å²) in [6.07, 6.45) is 0.465. The van der Waals surface area contributed by atoms with Crippen molar-refractivity contribution < 1.29 is 23.6 Å². The molecule has 1 unspecified atom stereocenters. The molecule has 1 aromatic rings. The van der Waals surface area contributed by atoms with Gasteiger partial charge in [-0.25, -0.2) is 4.39 Å². The maximum atomic E-state index is 14.7. The van der Waals surface area contributed by atoms with E-state index in [2.05, 4.69) is 10.2 Å². The number of fused-ring (bicyclic) bond motifs is 1. The molecule has 3 amide bonds. The first kappa shape index (κ1) is 17.3. The van der Waals surface area contributed by atoms with Crippen molar-refractivity contribution in [1.82, 2.24) is 15.1 Å². The standard InChI is InChI=1S/C19H19FN4O4/c20-14-4-13-10(3-16(14)23-6-11(7-23)22-8-12(25)9-22)5-24(19(13)28)15-1-2-17(26)21-18(15)27/h3-4,11,15H,1-2,5-9H2,(H,21,26,27). The van der Waals surface area contributed by atoms with E-state index in [1.54, 1.807) is 6.07 Å². The third-order valence-corrected chi connectivity index (χ3v) is 6.07. The van der Waals surface area contributed by atoms with Crippen LogP contribution in [-0.2, 0) is 20.9 Å². The van der Waals surface area contributed by atoms with E-state index in [1.165, 1.54) is 11.0 Å². The van der Waals surface area contributed by atoms with Gasteiger partial charge in [-0.05, 0) is 24.1 Å². The molecule has 8 nitrogen and oxygen atoms in total. The number of ketones is 1. The molecule has 1 aromatic carbocycles. The molecule has 0 aromatic heterocycles. The lowest BCUT2D eigenvalue weighted by molar-refractivity contribution is -0.137. The van der Waals surface area contributed by atoms with E-state index in [4.69, 9.17) is 0 Å². The van der Waals surface area contributed by atoms with Gasteiger partial charge in [-0.2, -0.15) is 0 Å². The number of benzene rings is 1. The summed E-state index contributed by atoms with van der Waals surface area (Å²) in [6, 6.07) is 2.49. The van der Waals surface area contributed by atoms with Crippen molar-refractivity contribution in [3.63, 3.8) is 0 Å². The molecule has 3 fully saturated rings. The van der Waals surface area contributed by atoms with Gasteiger partial charge in [0, 0.05) is 37.7 Å². The lowest BCUT2D eigenvalue weighted by Gasteiger charge is -2.49. The lowest BCUT2D eigenvalue weighted by atomic mass is 9.99. The maximum absolute atomic E-state index is 14.7. The van der Waals surface area contributed by atoms with Crippen molar-refractivity contribution in [2.45, 2.75) is 31.5 Å². The van der Waals surface area contributed by atoms with Crippen molar-refractivity contribution >= 4 is 29.2 Å². The number of carbonyl (C=O) groups is 4. The predicted molar refractivity (Wildman–Crippen MR) is 95.0 cm³/mol. The van der Waals surface area contributed by atoms with Crippen LogP contribution < -0.4 is 10.2 Å². The number of carbonyl (C=O) groups excluding carboxylic acids is 4. The molecule has 3 saturated heterocycles. The van der Waals surface area contributed by atoms with Gasteiger partial charge in [0.05, 0.1) is 18.8 Å². The third kappa shape index (κ3) is 2.61. The number of anilines is 1. The molecular formula is C19H19FN4O4. The van der Waals surface area contributed by atoms with Crippen LogP contribution in [0.3, 0.4) is 0 Å². The molecule has 0 aliphatic carbocycles.